The summed E-state index contributed by atoms with van der Waals surface area (Å²) in [4.78, 5) is 0. The van der Waals surface area contributed by atoms with Crippen molar-refractivity contribution in [3.63, 3.8) is 0 Å². The summed E-state index contributed by atoms with van der Waals surface area (Å²) in [5.41, 5.74) is 4.28. The minimum Gasteiger partial charge on any atom is -0.310 e. The van der Waals surface area contributed by atoms with Crippen molar-refractivity contribution in [2.75, 3.05) is 0 Å². The summed E-state index contributed by atoms with van der Waals surface area (Å²) < 4.78 is 0. The molecule has 1 fully saturated rings. The molecule has 0 spiro atoms. The molecule has 0 radical (unpaired) electrons. The maximum Gasteiger partial charge on any atom is 0.0216 e. The van der Waals surface area contributed by atoms with Gasteiger partial charge in [-0.3, -0.25) is 0 Å². The highest BCUT2D eigenvalue weighted by Gasteiger charge is 2.29. The summed E-state index contributed by atoms with van der Waals surface area (Å²) in [6.07, 6.45) is 2.57. The molecular weight excluding hydrogens is 238 g/mol. The number of thiophene rings is 1. The van der Waals surface area contributed by atoms with Gasteiger partial charge >= 0.3 is 0 Å². The van der Waals surface area contributed by atoms with Crippen molar-refractivity contribution in [2.24, 2.45) is 0 Å². The number of nitrogens with one attached hydrogen (secondary N) is 1. The first-order valence-electron chi connectivity index (χ1n) is 6.62. The van der Waals surface area contributed by atoms with Gasteiger partial charge in [0.2, 0.25) is 0 Å². The third kappa shape index (κ3) is 2.65. The van der Waals surface area contributed by atoms with Gasteiger partial charge in [0.15, 0.2) is 0 Å². The minimum absolute atomic E-state index is 0.705. The Kier molecular flexibility index (Phi) is 3.48. The molecule has 2 aromatic rings. The molecule has 1 saturated carbocycles. The SMILES string of the molecule is Cc1ccc(C2CC(NCc3ccsc3)C2)cc1. The quantitative estimate of drug-likeness (QED) is 0.870. The predicted molar refractivity (Wildman–Crippen MR) is 78.1 cm³/mol. The van der Waals surface area contributed by atoms with E-state index >= 15 is 0 Å². The number of rotatable bonds is 4. The van der Waals surface area contributed by atoms with Crippen LogP contribution in [0.25, 0.3) is 0 Å². The number of hydrogen-bond donors (Lipinski definition) is 1. The van der Waals surface area contributed by atoms with Crippen LogP contribution in [0.4, 0.5) is 0 Å². The molecule has 1 nitrogen and oxygen atoms in total. The fourth-order valence-corrected chi connectivity index (χ4v) is 3.22. The van der Waals surface area contributed by atoms with E-state index in [4.69, 9.17) is 0 Å². The molecule has 3 rings (SSSR count). The van der Waals surface area contributed by atoms with Gasteiger partial charge in [-0.25, -0.2) is 0 Å². The number of benzene rings is 1. The molecule has 0 amide bonds. The van der Waals surface area contributed by atoms with Gasteiger partial charge in [0, 0.05) is 12.6 Å². The van der Waals surface area contributed by atoms with E-state index in [1.54, 1.807) is 11.3 Å². The van der Waals surface area contributed by atoms with Gasteiger partial charge in [0.1, 0.15) is 0 Å². The van der Waals surface area contributed by atoms with E-state index in [2.05, 4.69) is 53.3 Å². The van der Waals surface area contributed by atoms with Crippen LogP contribution in [0.2, 0.25) is 0 Å². The number of aryl methyl sites for hydroxylation is 1. The first-order valence-corrected chi connectivity index (χ1v) is 7.56. The Morgan fingerprint density at radius 2 is 1.94 bits per heavy atom. The van der Waals surface area contributed by atoms with Crippen LogP contribution in [-0.2, 0) is 6.54 Å². The van der Waals surface area contributed by atoms with E-state index in [1.165, 1.54) is 29.5 Å². The van der Waals surface area contributed by atoms with Crippen LogP contribution in [0.15, 0.2) is 41.1 Å². The van der Waals surface area contributed by atoms with Gasteiger partial charge in [-0.2, -0.15) is 11.3 Å². The Morgan fingerprint density at radius 1 is 1.17 bits per heavy atom. The van der Waals surface area contributed by atoms with Crippen molar-refractivity contribution in [1.82, 2.24) is 5.32 Å². The van der Waals surface area contributed by atoms with Gasteiger partial charge in [-0.05, 0) is 53.6 Å². The molecule has 2 heteroatoms. The van der Waals surface area contributed by atoms with Crippen LogP contribution < -0.4 is 5.32 Å². The van der Waals surface area contributed by atoms with E-state index in [-0.39, 0.29) is 0 Å². The van der Waals surface area contributed by atoms with Gasteiger partial charge in [0.05, 0.1) is 0 Å². The maximum atomic E-state index is 3.64. The molecular formula is C16H19NS. The van der Waals surface area contributed by atoms with Crippen molar-refractivity contribution in [3.05, 3.63) is 57.8 Å². The molecule has 1 heterocycles. The zero-order valence-electron chi connectivity index (χ0n) is 10.7. The zero-order valence-corrected chi connectivity index (χ0v) is 11.5. The number of hydrogen-bond acceptors (Lipinski definition) is 2. The maximum absolute atomic E-state index is 3.64. The molecule has 94 valence electrons. The summed E-state index contributed by atoms with van der Waals surface area (Å²) in [6, 6.07) is 11.9. The fourth-order valence-electron chi connectivity index (χ4n) is 2.55. The van der Waals surface area contributed by atoms with Gasteiger partial charge < -0.3 is 5.32 Å². The van der Waals surface area contributed by atoms with Crippen LogP contribution in [-0.4, -0.2) is 6.04 Å². The Morgan fingerprint density at radius 3 is 2.61 bits per heavy atom. The van der Waals surface area contributed by atoms with E-state index in [0.717, 1.165) is 12.5 Å². The lowest BCUT2D eigenvalue weighted by atomic mass is 9.75. The lowest BCUT2D eigenvalue weighted by Gasteiger charge is -2.36. The van der Waals surface area contributed by atoms with Crippen LogP contribution in [0.3, 0.4) is 0 Å². The molecule has 1 aliphatic carbocycles. The van der Waals surface area contributed by atoms with Crippen molar-refractivity contribution >= 4 is 11.3 Å². The average molecular weight is 257 g/mol. The summed E-state index contributed by atoms with van der Waals surface area (Å²) in [5, 5.41) is 8.01. The highest BCUT2D eigenvalue weighted by Crippen LogP contribution is 2.37. The lowest BCUT2D eigenvalue weighted by Crippen LogP contribution is -2.39. The summed E-state index contributed by atoms with van der Waals surface area (Å²) in [5.74, 6) is 0.769. The molecule has 1 aromatic heterocycles. The monoisotopic (exact) mass is 257 g/mol. The first kappa shape index (κ1) is 11.9. The van der Waals surface area contributed by atoms with Crippen molar-refractivity contribution in [2.45, 2.75) is 38.3 Å². The standard InChI is InChI=1S/C16H19NS/c1-12-2-4-14(5-3-12)15-8-16(9-15)17-10-13-6-7-18-11-13/h2-7,11,15-17H,8-10H2,1H3. The highest BCUT2D eigenvalue weighted by atomic mass is 32.1. The molecule has 0 aliphatic heterocycles. The Bertz CT molecular complexity index is 480. The minimum atomic E-state index is 0.705. The van der Waals surface area contributed by atoms with E-state index in [0.29, 0.717) is 6.04 Å². The van der Waals surface area contributed by atoms with Crippen LogP contribution in [0.1, 0.15) is 35.4 Å². The van der Waals surface area contributed by atoms with E-state index < -0.39 is 0 Å². The Labute approximate surface area is 113 Å². The molecule has 0 bridgehead atoms. The van der Waals surface area contributed by atoms with Gasteiger partial charge in [-0.1, -0.05) is 29.8 Å². The van der Waals surface area contributed by atoms with Crippen LogP contribution in [0, 0.1) is 6.92 Å². The van der Waals surface area contributed by atoms with Crippen molar-refractivity contribution in [3.8, 4) is 0 Å². The largest absolute Gasteiger partial charge is 0.310 e. The second-order valence-corrected chi connectivity index (χ2v) is 6.07. The second kappa shape index (κ2) is 5.25. The lowest BCUT2D eigenvalue weighted by molar-refractivity contribution is 0.289. The molecule has 1 N–H and O–H groups in total. The fraction of sp³-hybridized carbons (Fsp3) is 0.375. The highest BCUT2D eigenvalue weighted by molar-refractivity contribution is 7.07. The topological polar surface area (TPSA) is 12.0 Å². The zero-order chi connectivity index (χ0) is 12.4. The first-order chi connectivity index (χ1) is 8.81. The molecule has 1 aliphatic rings. The third-order valence-corrected chi connectivity index (χ3v) is 4.59. The normalized spacial score (nSPS) is 22.7. The van der Waals surface area contributed by atoms with Gasteiger partial charge in [-0.15, -0.1) is 0 Å². The molecule has 0 atom stereocenters. The molecule has 0 saturated heterocycles. The molecule has 0 unspecified atom stereocenters. The second-order valence-electron chi connectivity index (χ2n) is 5.29. The molecule has 1 aromatic carbocycles. The smallest absolute Gasteiger partial charge is 0.0216 e. The summed E-state index contributed by atoms with van der Waals surface area (Å²) >= 11 is 1.78. The van der Waals surface area contributed by atoms with Crippen LogP contribution >= 0.6 is 11.3 Å². The van der Waals surface area contributed by atoms with E-state index in [1.807, 2.05) is 0 Å². The van der Waals surface area contributed by atoms with Crippen molar-refractivity contribution < 1.29 is 0 Å². The Hall–Kier alpha value is -1.12. The summed E-state index contributed by atoms with van der Waals surface area (Å²) in [6.45, 7) is 3.17. The summed E-state index contributed by atoms with van der Waals surface area (Å²) in [7, 11) is 0. The average Bonchev–Trinajstić information content (AvgIpc) is 2.82. The Balaban J connectivity index is 1.47. The van der Waals surface area contributed by atoms with Crippen LogP contribution in [0.5, 0.6) is 0 Å². The molecule has 18 heavy (non-hydrogen) atoms. The predicted octanol–water partition coefficient (Wildman–Crippen LogP) is 4.09. The van der Waals surface area contributed by atoms with Gasteiger partial charge in [0.25, 0.3) is 0 Å². The third-order valence-electron chi connectivity index (χ3n) is 3.86. The van der Waals surface area contributed by atoms with E-state index in [9.17, 15) is 0 Å². The van der Waals surface area contributed by atoms with Crippen molar-refractivity contribution in [1.29, 1.82) is 0 Å².